The van der Waals surface area contributed by atoms with Crippen molar-refractivity contribution in [3.05, 3.63) is 71.8 Å². The molecule has 2 aromatic rings. The molecule has 3 rings (SSSR count). The van der Waals surface area contributed by atoms with Crippen molar-refractivity contribution in [2.75, 3.05) is 14.1 Å². The van der Waals surface area contributed by atoms with Crippen molar-refractivity contribution in [1.29, 1.82) is 0 Å². The number of likely N-dealkylation sites (N-methyl/N-ethyl adjacent to an activating group) is 2. The Kier molecular flexibility index (Phi) is 4.65. The monoisotopic (exact) mass is 322 g/mol. The van der Waals surface area contributed by atoms with Crippen molar-refractivity contribution in [3.63, 3.8) is 0 Å². The van der Waals surface area contributed by atoms with Crippen molar-refractivity contribution >= 4 is 11.8 Å². The van der Waals surface area contributed by atoms with E-state index in [0.717, 1.165) is 11.1 Å². The molecule has 1 saturated heterocycles. The van der Waals surface area contributed by atoms with Gasteiger partial charge in [0.1, 0.15) is 12.1 Å². The number of carbonyl (C=O) groups is 2. The fourth-order valence-electron chi connectivity index (χ4n) is 3.23. The van der Waals surface area contributed by atoms with Crippen LogP contribution in [0.2, 0.25) is 0 Å². The van der Waals surface area contributed by atoms with Crippen LogP contribution in [-0.2, 0) is 22.4 Å². The lowest BCUT2D eigenvalue weighted by molar-refractivity contribution is -0.158. The fourth-order valence-corrected chi connectivity index (χ4v) is 3.23. The van der Waals surface area contributed by atoms with E-state index >= 15 is 0 Å². The van der Waals surface area contributed by atoms with Crippen LogP contribution < -0.4 is 0 Å². The summed E-state index contributed by atoms with van der Waals surface area (Å²) in [6.07, 6.45) is 1.09. The molecule has 2 atom stereocenters. The van der Waals surface area contributed by atoms with Gasteiger partial charge in [0.25, 0.3) is 0 Å². The summed E-state index contributed by atoms with van der Waals surface area (Å²) < 4.78 is 0. The van der Waals surface area contributed by atoms with E-state index in [1.54, 1.807) is 23.9 Å². The number of hydrogen-bond donors (Lipinski definition) is 0. The first-order chi connectivity index (χ1) is 11.6. The molecule has 0 unspecified atom stereocenters. The molecule has 1 aliphatic rings. The van der Waals surface area contributed by atoms with Gasteiger partial charge in [-0.2, -0.15) is 0 Å². The molecular formula is C20H22N2O2. The maximum absolute atomic E-state index is 12.8. The quantitative estimate of drug-likeness (QED) is 0.865. The Morgan fingerprint density at radius 2 is 1.00 bits per heavy atom. The third-order valence-electron chi connectivity index (χ3n) is 4.74. The van der Waals surface area contributed by atoms with E-state index in [9.17, 15) is 9.59 Å². The van der Waals surface area contributed by atoms with E-state index in [1.165, 1.54) is 0 Å². The van der Waals surface area contributed by atoms with Crippen molar-refractivity contribution in [1.82, 2.24) is 9.80 Å². The van der Waals surface area contributed by atoms with Gasteiger partial charge in [-0.3, -0.25) is 9.59 Å². The first-order valence-corrected chi connectivity index (χ1v) is 8.19. The minimum absolute atomic E-state index is 0.00174. The van der Waals surface area contributed by atoms with Crippen LogP contribution in [0.5, 0.6) is 0 Å². The van der Waals surface area contributed by atoms with Crippen LogP contribution in [0, 0.1) is 0 Å². The number of hydrogen-bond acceptors (Lipinski definition) is 2. The standard InChI is InChI=1S/C20H22N2O2/c1-21-17(13-15-9-5-3-6-10-15)20(24)22(2)18(19(21)23)14-16-11-7-4-8-12-16/h3-12,17-18H,13-14H2,1-2H3/t17-,18-/m0/s1. The van der Waals surface area contributed by atoms with Gasteiger partial charge in [-0.1, -0.05) is 60.7 Å². The molecule has 0 aromatic heterocycles. The average Bonchev–Trinajstić information content (AvgIpc) is 2.62. The molecule has 4 nitrogen and oxygen atoms in total. The van der Waals surface area contributed by atoms with Crippen molar-refractivity contribution in [2.24, 2.45) is 0 Å². The summed E-state index contributed by atoms with van der Waals surface area (Å²) in [5, 5.41) is 0. The molecule has 0 radical (unpaired) electrons. The molecule has 0 aliphatic carbocycles. The lowest BCUT2D eigenvalue weighted by Crippen LogP contribution is -2.63. The summed E-state index contributed by atoms with van der Waals surface area (Å²) in [7, 11) is 3.47. The Balaban J connectivity index is 1.78. The maximum Gasteiger partial charge on any atom is 0.246 e. The highest BCUT2D eigenvalue weighted by Crippen LogP contribution is 2.21. The van der Waals surface area contributed by atoms with Gasteiger partial charge in [-0.25, -0.2) is 0 Å². The van der Waals surface area contributed by atoms with E-state index < -0.39 is 12.1 Å². The van der Waals surface area contributed by atoms with Crippen molar-refractivity contribution in [2.45, 2.75) is 24.9 Å². The van der Waals surface area contributed by atoms with Gasteiger partial charge in [0.2, 0.25) is 11.8 Å². The van der Waals surface area contributed by atoms with Gasteiger partial charge in [0, 0.05) is 26.9 Å². The van der Waals surface area contributed by atoms with Gasteiger partial charge in [0.05, 0.1) is 0 Å². The third-order valence-corrected chi connectivity index (χ3v) is 4.74. The molecular weight excluding hydrogens is 300 g/mol. The predicted molar refractivity (Wildman–Crippen MR) is 93.4 cm³/mol. The van der Waals surface area contributed by atoms with Crippen LogP contribution in [0.4, 0.5) is 0 Å². The lowest BCUT2D eigenvalue weighted by Gasteiger charge is -2.42. The second-order valence-electron chi connectivity index (χ2n) is 6.31. The second-order valence-corrected chi connectivity index (χ2v) is 6.31. The molecule has 2 amide bonds. The van der Waals surface area contributed by atoms with Gasteiger partial charge in [-0.05, 0) is 11.1 Å². The van der Waals surface area contributed by atoms with E-state index in [4.69, 9.17) is 0 Å². The molecule has 1 aliphatic heterocycles. The highest BCUT2D eigenvalue weighted by molar-refractivity contribution is 5.97. The van der Waals surface area contributed by atoms with E-state index in [1.807, 2.05) is 60.7 Å². The van der Waals surface area contributed by atoms with E-state index in [2.05, 4.69) is 0 Å². The Morgan fingerprint density at radius 1 is 0.667 bits per heavy atom. The zero-order chi connectivity index (χ0) is 17.1. The Morgan fingerprint density at radius 3 is 1.33 bits per heavy atom. The van der Waals surface area contributed by atoms with Crippen molar-refractivity contribution in [3.8, 4) is 0 Å². The van der Waals surface area contributed by atoms with Crippen LogP contribution >= 0.6 is 0 Å². The molecule has 1 fully saturated rings. The van der Waals surface area contributed by atoms with Gasteiger partial charge < -0.3 is 9.80 Å². The SMILES string of the molecule is CN1C(=O)[C@H](Cc2ccccc2)N(C)C(=O)[C@@H]1Cc1ccccc1. The normalized spacial score (nSPS) is 21.2. The summed E-state index contributed by atoms with van der Waals surface area (Å²) in [6, 6.07) is 18.8. The molecule has 1 heterocycles. The first-order valence-electron chi connectivity index (χ1n) is 8.19. The molecule has 4 heteroatoms. The Hall–Kier alpha value is -2.62. The largest absolute Gasteiger partial charge is 0.332 e. The summed E-state index contributed by atoms with van der Waals surface area (Å²) in [4.78, 5) is 28.9. The highest BCUT2D eigenvalue weighted by Gasteiger charge is 2.42. The molecule has 0 N–H and O–H groups in total. The van der Waals surface area contributed by atoms with Crippen molar-refractivity contribution < 1.29 is 9.59 Å². The smallest absolute Gasteiger partial charge is 0.246 e. The van der Waals surface area contributed by atoms with Crippen LogP contribution in [0.15, 0.2) is 60.7 Å². The van der Waals surface area contributed by atoms with Gasteiger partial charge in [0.15, 0.2) is 0 Å². The zero-order valence-corrected chi connectivity index (χ0v) is 14.1. The summed E-state index contributed by atoms with van der Waals surface area (Å²) in [6.45, 7) is 0. The lowest BCUT2D eigenvalue weighted by atomic mass is 9.95. The molecule has 2 aromatic carbocycles. The topological polar surface area (TPSA) is 40.6 Å². The van der Waals surface area contributed by atoms with Crippen LogP contribution in [0.3, 0.4) is 0 Å². The highest BCUT2D eigenvalue weighted by atomic mass is 16.2. The minimum atomic E-state index is -0.433. The number of rotatable bonds is 4. The zero-order valence-electron chi connectivity index (χ0n) is 14.1. The molecule has 124 valence electrons. The molecule has 0 spiro atoms. The van der Waals surface area contributed by atoms with Gasteiger partial charge in [-0.15, -0.1) is 0 Å². The Labute approximate surface area is 142 Å². The second kappa shape index (κ2) is 6.87. The summed E-state index contributed by atoms with van der Waals surface area (Å²) >= 11 is 0. The molecule has 24 heavy (non-hydrogen) atoms. The number of nitrogens with zero attached hydrogens (tertiary/aromatic N) is 2. The Bertz CT molecular complexity index is 651. The van der Waals surface area contributed by atoms with Crippen LogP contribution in [0.1, 0.15) is 11.1 Å². The first kappa shape index (κ1) is 16.2. The van der Waals surface area contributed by atoms with E-state index in [-0.39, 0.29) is 11.8 Å². The maximum atomic E-state index is 12.8. The fraction of sp³-hybridized carbons (Fsp3) is 0.300. The number of benzene rings is 2. The molecule has 0 saturated carbocycles. The summed E-state index contributed by atoms with van der Waals surface area (Å²) in [5.41, 5.74) is 2.12. The van der Waals surface area contributed by atoms with Crippen LogP contribution in [-0.4, -0.2) is 47.8 Å². The number of carbonyl (C=O) groups excluding carboxylic acids is 2. The summed E-state index contributed by atoms with van der Waals surface area (Å²) in [5.74, 6) is 0.00349. The van der Waals surface area contributed by atoms with Gasteiger partial charge >= 0.3 is 0 Å². The number of amides is 2. The predicted octanol–water partition coefficient (Wildman–Crippen LogP) is 2.14. The molecule has 0 bridgehead atoms. The average molecular weight is 322 g/mol. The third kappa shape index (κ3) is 3.18. The number of piperazine rings is 1. The minimum Gasteiger partial charge on any atom is -0.332 e. The van der Waals surface area contributed by atoms with E-state index in [0.29, 0.717) is 12.8 Å². The van der Waals surface area contributed by atoms with Crippen LogP contribution in [0.25, 0.3) is 0 Å².